The van der Waals surface area contributed by atoms with Crippen molar-refractivity contribution in [3.63, 3.8) is 0 Å². The summed E-state index contributed by atoms with van der Waals surface area (Å²) in [6, 6.07) is 16.1. The second-order valence-corrected chi connectivity index (χ2v) is 9.78. The molecule has 0 aliphatic carbocycles. The first kappa shape index (κ1) is 24.9. The Morgan fingerprint density at radius 2 is 1.83 bits per heavy atom. The quantitative estimate of drug-likeness (QED) is 0.335. The lowest BCUT2D eigenvalue weighted by molar-refractivity contribution is 0.102. The predicted molar refractivity (Wildman–Crippen MR) is 131 cm³/mol. The number of anilines is 2. The zero-order valence-corrected chi connectivity index (χ0v) is 20.3. The summed E-state index contributed by atoms with van der Waals surface area (Å²) in [5, 5.41) is 2.14. The number of ether oxygens (including phenoxy) is 1. The molecule has 0 saturated heterocycles. The molecule has 4 rings (SSSR count). The van der Waals surface area contributed by atoms with Crippen LogP contribution in [0, 0.1) is 5.82 Å². The molecular formula is C25H23FN4O5S. The lowest BCUT2D eigenvalue weighted by atomic mass is 10.1. The number of para-hydroxylation sites is 1. The number of aromatic nitrogens is 2. The van der Waals surface area contributed by atoms with Crippen molar-refractivity contribution in [2.45, 2.75) is 18.2 Å². The van der Waals surface area contributed by atoms with E-state index in [0.29, 0.717) is 17.2 Å². The summed E-state index contributed by atoms with van der Waals surface area (Å²) < 4.78 is 48.7. The van der Waals surface area contributed by atoms with E-state index in [-0.39, 0.29) is 24.5 Å². The summed E-state index contributed by atoms with van der Waals surface area (Å²) in [7, 11) is -2.25. The molecule has 1 amide bonds. The van der Waals surface area contributed by atoms with Gasteiger partial charge in [0.05, 0.1) is 31.8 Å². The minimum Gasteiger partial charge on any atom is -0.496 e. The first-order valence-corrected chi connectivity index (χ1v) is 12.7. The first-order valence-electron chi connectivity index (χ1n) is 10.8. The van der Waals surface area contributed by atoms with Crippen LogP contribution in [0.15, 0.2) is 82.7 Å². The molecule has 2 aromatic carbocycles. The predicted octanol–water partition coefficient (Wildman–Crippen LogP) is 4.08. The number of methoxy groups -OCH3 is 1. The van der Waals surface area contributed by atoms with Crippen molar-refractivity contribution in [3.8, 4) is 5.75 Å². The van der Waals surface area contributed by atoms with Gasteiger partial charge in [0.2, 0.25) is 15.0 Å². The van der Waals surface area contributed by atoms with Gasteiger partial charge in [-0.3, -0.25) is 4.79 Å². The van der Waals surface area contributed by atoms with Gasteiger partial charge in [-0.2, -0.15) is 0 Å². The maximum absolute atomic E-state index is 13.3. The first-order chi connectivity index (χ1) is 17.2. The Morgan fingerprint density at radius 1 is 1.08 bits per heavy atom. The number of nitrogens with zero attached hydrogens (tertiary/aromatic N) is 3. The van der Waals surface area contributed by atoms with Crippen LogP contribution in [-0.2, 0) is 22.9 Å². The Hall–Kier alpha value is -4.25. The van der Waals surface area contributed by atoms with Gasteiger partial charge in [0, 0.05) is 24.1 Å². The van der Waals surface area contributed by atoms with Crippen LogP contribution in [0.1, 0.15) is 21.8 Å². The standard InChI is InChI=1S/C25H23FN4O5S/c1-34-22-8-4-3-6-17(22)15-30(16-20-7-5-13-35-20)21-14-27-25(36(2,32)33)29-23(21)24(31)28-19-11-9-18(26)10-12-19/h3-14H,15-16H2,1-2H3,(H,28,31). The Bertz CT molecular complexity index is 1460. The molecule has 0 radical (unpaired) electrons. The number of benzene rings is 2. The van der Waals surface area contributed by atoms with Crippen LogP contribution in [-0.4, -0.2) is 37.7 Å². The number of sulfone groups is 1. The topological polar surface area (TPSA) is 115 Å². The highest BCUT2D eigenvalue weighted by molar-refractivity contribution is 7.90. The van der Waals surface area contributed by atoms with Crippen LogP contribution in [0.25, 0.3) is 0 Å². The summed E-state index contributed by atoms with van der Waals surface area (Å²) in [6.07, 6.45) is 3.78. The van der Waals surface area contributed by atoms with E-state index >= 15 is 0 Å². The molecule has 0 fully saturated rings. The van der Waals surface area contributed by atoms with Crippen molar-refractivity contribution in [2.24, 2.45) is 0 Å². The molecule has 0 spiro atoms. The average Bonchev–Trinajstić information content (AvgIpc) is 3.37. The number of furan rings is 1. The minimum absolute atomic E-state index is 0.170. The van der Waals surface area contributed by atoms with Crippen molar-refractivity contribution in [1.82, 2.24) is 9.97 Å². The van der Waals surface area contributed by atoms with Crippen LogP contribution < -0.4 is 15.0 Å². The molecule has 2 aromatic heterocycles. The van der Waals surface area contributed by atoms with Crippen LogP contribution in [0.3, 0.4) is 0 Å². The summed E-state index contributed by atoms with van der Waals surface area (Å²) >= 11 is 0. The van der Waals surface area contributed by atoms with Crippen molar-refractivity contribution in [2.75, 3.05) is 23.6 Å². The molecule has 1 N–H and O–H groups in total. The van der Waals surface area contributed by atoms with Gasteiger partial charge in [-0.05, 0) is 42.5 Å². The number of carbonyl (C=O) groups is 1. The van der Waals surface area contributed by atoms with Crippen molar-refractivity contribution < 1.29 is 26.8 Å². The normalized spacial score (nSPS) is 11.2. The third-order valence-electron chi connectivity index (χ3n) is 5.22. The Labute approximate surface area is 207 Å². The average molecular weight is 511 g/mol. The molecule has 0 unspecified atom stereocenters. The zero-order chi connectivity index (χ0) is 25.7. The fraction of sp³-hybridized carbons (Fsp3) is 0.160. The summed E-state index contributed by atoms with van der Waals surface area (Å²) in [5.41, 5.74) is 1.22. The third kappa shape index (κ3) is 5.87. The second-order valence-electron chi connectivity index (χ2n) is 7.87. The maximum Gasteiger partial charge on any atom is 0.276 e. The number of hydrogen-bond acceptors (Lipinski definition) is 8. The van der Waals surface area contributed by atoms with Crippen molar-refractivity contribution in [1.29, 1.82) is 0 Å². The number of rotatable bonds is 9. The van der Waals surface area contributed by atoms with Gasteiger partial charge in [-0.25, -0.2) is 22.8 Å². The summed E-state index contributed by atoms with van der Waals surface area (Å²) in [4.78, 5) is 23.2. The fourth-order valence-corrected chi connectivity index (χ4v) is 4.02. The van der Waals surface area contributed by atoms with Gasteiger partial charge >= 0.3 is 0 Å². The highest BCUT2D eigenvalue weighted by Gasteiger charge is 2.25. The molecule has 0 aliphatic heterocycles. The second kappa shape index (κ2) is 10.6. The molecule has 0 atom stereocenters. The zero-order valence-electron chi connectivity index (χ0n) is 19.5. The molecule has 0 saturated carbocycles. The van der Waals surface area contributed by atoms with E-state index < -0.39 is 26.7 Å². The van der Waals surface area contributed by atoms with Crippen LogP contribution in [0.5, 0.6) is 5.75 Å². The molecule has 36 heavy (non-hydrogen) atoms. The van der Waals surface area contributed by atoms with Crippen molar-refractivity contribution >= 4 is 27.1 Å². The molecule has 0 bridgehead atoms. The molecule has 11 heteroatoms. The number of amides is 1. The molecule has 0 aliphatic rings. The molecule has 4 aromatic rings. The van der Waals surface area contributed by atoms with Gasteiger partial charge < -0.3 is 19.4 Å². The molecular weight excluding hydrogens is 487 g/mol. The minimum atomic E-state index is -3.81. The van der Waals surface area contributed by atoms with E-state index in [4.69, 9.17) is 9.15 Å². The molecule has 9 nitrogen and oxygen atoms in total. The molecule has 2 heterocycles. The third-order valence-corrected chi connectivity index (χ3v) is 6.08. The highest BCUT2D eigenvalue weighted by atomic mass is 32.2. The van der Waals surface area contributed by atoms with E-state index in [2.05, 4.69) is 15.3 Å². The Kier molecular flexibility index (Phi) is 7.30. The van der Waals surface area contributed by atoms with Crippen LogP contribution in [0.4, 0.5) is 15.8 Å². The Morgan fingerprint density at radius 3 is 2.50 bits per heavy atom. The van der Waals surface area contributed by atoms with Crippen molar-refractivity contribution in [3.05, 3.63) is 96.0 Å². The van der Waals surface area contributed by atoms with Gasteiger partial charge in [-0.1, -0.05) is 18.2 Å². The Balaban J connectivity index is 1.80. The largest absolute Gasteiger partial charge is 0.496 e. The van der Waals surface area contributed by atoms with E-state index in [0.717, 1.165) is 11.8 Å². The van der Waals surface area contributed by atoms with Gasteiger partial charge in [-0.15, -0.1) is 0 Å². The van der Waals surface area contributed by atoms with Gasteiger partial charge in [0.1, 0.15) is 17.3 Å². The van der Waals surface area contributed by atoms with E-state index in [1.807, 2.05) is 24.3 Å². The summed E-state index contributed by atoms with van der Waals surface area (Å²) in [5.74, 6) is 0.0832. The monoisotopic (exact) mass is 510 g/mol. The van der Waals surface area contributed by atoms with E-state index in [1.165, 1.54) is 36.7 Å². The smallest absolute Gasteiger partial charge is 0.276 e. The number of carbonyl (C=O) groups excluding carboxylic acids is 1. The van der Waals surface area contributed by atoms with E-state index in [1.54, 1.807) is 24.1 Å². The van der Waals surface area contributed by atoms with Crippen LogP contribution in [0.2, 0.25) is 0 Å². The van der Waals surface area contributed by atoms with Crippen LogP contribution >= 0.6 is 0 Å². The lowest BCUT2D eigenvalue weighted by Gasteiger charge is -2.26. The number of hydrogen-bond donors (Lipinski definition) is 1. The van der Waals surface area contributed by atoms with E-state index in [9.17, 15) is 17.6 Å². The molecule has 186 valence electrons. The van der Waals surface area contributed by atoms with Gasteiger partial charge in [0.15, 0.2) is 5.69 Å². The highest BCUT2D eigenvalue weighted by Crippen LogP contribution is 2.28. The SMILES string of the molecule is COc1ccccc1CN(Cc1ccco1)c1cnc(S(C)(=O)=O)nc1C(=O)Nc1ccc(F)cc1. The number of halogens is 1. The summed E-state index contributed by atoms with van der Waals surface area (Å²) in [6.45, 7) is 0.493. The maximum atomic E-state index is 13.3. The fourth-order valence-electron chi connectivity index (χ4n) is 3.52. The lowest BCUT2D eigenvalue weighted by Crippen LogP contribution is -2.27. The number of nitrogens with one attached hydrogen (secondary N) is 1. The van der Waals surface area contributed by atoms with Gasteiger partial charge in [0.25, 0.3) is 5.91 Å².